The van der Waals surface area contributed by atoms with Gasteiger partial charge in [-0.25, -0.2) is 0 Å². The number of hydrogen-bond acceptors (Lipinski definition) is 3. The Hall–Kier alpha value is -1.62. The third-order valence-corrected chi connectivity index (χ3v) is 3.92. The molecule has 1 N–H and O–H groups in total. The molecule has 0 saturated carbocycles. The van der Waals surface area contributed by atoms with E-state index in [9.17, 15) is 0 Å². The molecule has 2 rings (SSSR count). The molecule has 104 valence electrons. The zero-order chi connectivity index (χ0) is 14.2. The summed E-state index contributed by atoms with van der Waals surface area (Å²) in [6.07, 6.45) is 0. The largest absolute Gasteiger partial charge is 0.308 e. The van der Waals surface area contributed by atoms with E-state index in [1.165, 1.54) is 22.5 Å². The van der Waals surface area contributed by atoms with Crippen molar-refractivity contribution < 1.29 is 0 Å². The second-order valence-corrected chi connectivity index (χ2v) is 5.15. The van der Waals surface area contributed by atoms with Crippen LogP contribution in [-0.2, 0) is 27.2 Å². The number of hydrogen-bond donors (Lipinski definition) is 1. The van der Waals surface area contributed by atoms with E-state index < -0.39 is 0 Å². The first-order valence-electron chi connectivity index (χ1n) is 6.60. The van der Waals surface area contributed by atoms with Crippen LogP contribution in [0.1, 0.15) is 33.9 Å². The molecule has 0 atom stereocenters. The third-order valence-electron chi connectivity index (χ3n) is 3.92. The minimum absolute atomic E-state index is 0.847. The predicted molar refractivity (Wildman–Crippen MR) is 75.9 cm³/mol. The van der Waals surface area contributed by atoms with E-state index in [2.05, 4.69) is 43.2 Å². The van der Waals surface area contributed by atoms with Crippen molar-refractivity contribution in [2.75, 3.05) is 0 Å². The molecule has 2 aromatic heterocycles. The van der Waals surface area contributed by atoms with Crippen LogP contribution in [-0.4, -0.2) is 19.6 Å². The van der Waals surface area contributed by atoms with Crippen LogP contribution >= 0.6 is 0 Å². The summed E-state index contributed by atoms with van der Waals surface area (Å²) in [4.78, 5) is 0. The fourth-order valence-electron chi connectivity index (χ4n) is 2.46. The Labute approximate surface area is 114 Å². The van der Waals surface area contributed by atoms with Gasteiger partial charge in [-0.05, 0) is 27.7 Å². The van der Waals surface area contributed by atoms with E-state index in [1.54, 1.807) is 0 Å². The summed E-state index contributed by atoms with van der Waals surface area (Å²) < 4.78 is 3.87. The van der Waals surface area contributed by atoms with Gasteiger partial charge in [-0.2, -0.15) is 10.2 Å². The van der Waals surface area contributed by atoms with Crippen LogP contribution in [0, 0.1) is 27.7 Å². The first-order valence-corrected chi connectivity index (χ1v) is 6.60. The lowest BCUT2D eigenvalue weighted by Gasteiger charge is -2.06. The summed E-state index contributed by atoms with van der Waals surface area (Å²) in [6.45, 7) is 10.0. The molecule has 0 amide bonds. The minimum Gasteiger partial charge on any atom is -0.308 e. The predicted octanol–water partition coefficient (Wildman–Crippen LogP) is 1.68. The zero-order valence-corrected chi connectivity index (χ0v) is 12.7. The van der Waals surface area contributed by atoms with E-state index in [0.717, 1.165) is 24.5 Å². The van der Waals surface area contributed by atoms with Gasteiger partial charge in [0.15, 0.2) is 0 Å². The SMILES string of the molecule is Cc1nn(C)c(C)c1CNCc1c(C)nn(C)c1C. The average Bonchev–Trinajstić information content (AvgIpc) is 2.72. The molecule has 0 aromatic carbocycles. The second kappa shape index (κ2) is 5.17. The maximum absolute atomic E-state index is 4.44. The Kier molecular flexibility index (Phi) is 3.75. The lowest BCUT2D eigenvalue weighted by atomic mass is 10.1. The van der Waals surface area contributed by atoms with Crippen LogP contribution in [0.5, 0.6) is 0 Å². The number of nitrogens with one attached hydrogen (secondary N) is 1. The number of nitrogens with zero attached hydrogens (tertiary/aromatic N) is 4. The van der Waals surface area contributed by atoms with Gasteiger partial charge in [-0.3, -0.25) is 9.36 Å². The highest BCUT2D eigenvalue weighted by molar-refractivity contribution is 5.26. The van der Waals surface area contributed by atoms with Crippen molar-refractivity contribution >= 4 is 0 Å². The summed E-state index contributed by atoms with van der Waals surface area (Å²) in [5, 5.41) is 12.4. The van der Waals surface area contributed by atoms with Crippen molar-refractivity contribution in [3.8, 4) is 0 Å². The van der Waals surface area contributed by atoms with Crippen LogP contribution in [0.15, 0.2) is 0 Å². The summed E-state index contributed by atoms with van der Waals surface area (Å²) in [5.74, 6) is 0. The standard InChI is InChI=1S/C14H23N5/c1-9-13(11(3)18(5)16-9)7-15-8-14-10(2)17-19(6)12(14)4/h15H,7-8H2,1-6H3. The molecule has 0 saturated heterocycles. The van der Waals surface area contributed by atoms with Crippen LogP contribution in [0.3, 0.4) is 0 Å². The van der Waals surface area contributed by atoms with Gasteiger partial charge in [0.25, 0.3) is 0 Å². The van der Waals surface area contributed by atoms with Gasteiger partial charge in [0.05, 0.1) is 11.4 Å². The van der Waals surface area contributed by atoms with Crippen molar-refractivity contribution in [1.82, 2.24) is 24.9 Å². The van der Waals surface area contributed by atoms with E-state index >= 15 is 0 Å². The molecule has 2 heterocycles. The molecule has 0 unspecified atom stereocenters. The van der Waals surface area contributed by atoms with Crippen LogP contribution < -0.4 is 5.32 Å². The molecular formula is C14H23N5. The molecule has 0 spiro atoms. The highest BCUT2D eigenvalue weighted by atomic mass is 15.3. The van der Waals surface area contributed by atoms with E-state index in [4.69, 9.17) is 0 Å². The zero-order valence-electron chi connectivity index (χ0n) is 12.7. The number of aryl methyl sites for hydroxylation is 4. The Morgan fingerprint density at radius 2 is 1.16 bits per heavy atom. The van der Waals surface area contributed by atoms with E-state index in [-0.39, 0.29) is 0 Å². The Bertz CT molecular complexity index is 539. The quantitative estimate of drug-likeness (QED) is 0.911. The summed E-state index contributed by atoms with van der Waals surface area (Å²) in [6, 6.07) is 0. The van der Waals surface area contributed by atoms with Crippen molar-refractivity contribution in [3.63, 3.8) is 0 Å². The summed E-state index contributed by atoms with van der Waals surface area (Å²) >= 11 is 0. The van der Waals surface area contributed by atoms with Crippen LogP contribution in [0.4, 0.5) is 0 Å². The van der Waals surface area contributed by atoms with E-state index in [1.807, 2.05) is 23.5 Å². The first kappa shape index (κ1) is 13.8. The molecule has 0 aliphatic carbocycles. The van der Waals surface area contributed by atoms with Crippen molar-refractivity contribution in [3.05, 3.63) is 33.9 Å². The van der Waals surface area contributed by atoms with E-state index in [0.29, 0.717) is 0 Å². The fraction of sp³-hybridized carbons (Fsp3) is 0.571. The molecule has 2 aromatic rings. The smallest absolute Gasteiger partial charge is 0.0641 e. The van der Waals surface area contributed by atoms with Crippen molar-refractivity contribution in [2.45, 2.75) is 40.8 Å². The second-order valence-electron chi connectivity index (χ2n) is 5.15. The molecule has 0 fully saturated rings. The number of rotatable bonds is 4. The molecule has 5 nitrogen and oxygen atoms in total. The maximum Gasteiger partial charge on any atom is 0.0641 e. The lowest BCUT2D eigenvalue weighted by Crippen LogP contribution is -2.15. The van der Waals surface area contributed by atoms with Crippen molar-refractivity contribution in [1.29, 1.82) is 0 Å². The molecule has 0 radical (unpaired) electrons. The van der Waals surface area contributed by atoms with Gasteiger partial charge in [0.2, 0.25) is 0 Å². The van der Waals surface area contributed by atoms with Gasteiger partial charge in [-0.15, -0.1) is 0 Å². The molecule has 19 heavy (non-hydrogen) atoms. The average molecular weight is 261 g/mol. The summed E-state index contributed by atoms with van der Waals surface area (Å²) in [5.41, 5.74) is 7.25. The van der Waals surface area contributed by atoms with Gasteiger partial charge >= 0.3 is 0 Å². The molecule has 0 aliphatic rings. The van der Waals surface area contributed by atoms with Gasteiger partial charge in [-0.1, -0.05) is 0 Å². The first-order chi connectivity index (χ1) is 8.91. The monoisotopic (exact) mass is 261 g/mol. The third kappa shape index (κ3) is 2.56. The minimum atomic E-state index is 0.847. The normalized spacial score (nSPS) is 11.3. The van der Waals surface area contributed by atoms with Crippen LogP contribution in [0.25, 0.3) is 0 Å². The lowest BCUT2D eigenvalue weighted by molar-refractivity contribution is 0.676. The van der Waals surface area contributed by atoms with Crippen LogP contribution in [0.2, 0.25) is 0 Å². The Balaban J connectivity index is 2.04. The van der Waals surface area contributed by atoms with Gasteiger partial charge in [0, 0.05) is 49.7 Å². The molecular weight excluding hydrogens is 238 g/mol. The highest BCUT2D eigenvalue weighted by Gasteiger charge is 2.11. The Morgan fingerprint density at radius 3 is 1.42 bits per heavy atom. The van der Waals surface area contributed by atoms with Crippen molar-refractivity contribution in [2.24, 2.45) is 14.1 Å². The number of aromatic nitrogens is 4. The fourth-order valence-corrected chi connectivity index (χ4v) is 2.46. The maximum atomic E-state index is 4.44. The highest BCUT2D eigenvalue weighted by Crippen LogP contribution is 2.14. The molecule has 0 bridgehead atoms. The summed E-state index contributed by atoms with van der Waals surface area (Å²) in [7, 11) is 3.97. The van der Waals surface area contributed by atoms with Gasteiger partial charge in [0.1, 0.15) is 0 Å². The molecule has 5 heteroatoms. The van der Waals surface area contributed by atoms with Gasteiger partial charge < -0.3 is 5.32 Å². The topological polar surface area (TPSA) is 47.7 Å². The Morgan fingerprint density at radius 1 is 0.789 bits per heavy atom. The molecule has 0 aliphatic heterocycles.